The number of aryl methyl sites for hydroxylation is 1. The molecule has 0 spiro atoms. The van der Waals surface area contributed by atoms with Gasteiger partial charge in [0.05, 0.1) is 26.8 Å². The highest BCUT2D eigenvalue weighted by Crippen LogP contribution is 2.30. The Balaban J connectivity index is 2.43. The van der Waals surface area contributed by atoms with Crippen LogP contribution < -0.4 is 5.32 Å². The summed E-state index contributed by atoms with van der Waals surface area (Å²) in [4.78, 5) is 15.3. The molecule has 1 unspecified atom stereocenters. The first-order valence-electron chi connectivity index (χ1n) is 6.25. The van der Waals surface area contributed by atoms with Crippen LogP contribution >= 0.6 is 11.3 Å². The number of hydrogen-bond acceptors (Lipinski definition) is 6. The van der Waals surface area contributed by atoms with Gasteiger partial charge in [0, 0.05) is 24.8 Å². The number of aromatic nitrogens is 1. The zero-order valence-electron chi connectivity index (χ0n) is 11.7. The van der Waals surface area contributed by atoms with Crippen LogP contribution in [-0.4, -0.2) is 36.7 Å². The van der Waals surface area contributed by atoms with Gasteiger partial charge in [0.15, 0.2) is 0 Å². The van der Waals surface area contributed by atoms with Gasteiger partial charge in [0.2, 0.25) is 0 Å². The van der Waals surface area contributed by atoms with Crippen molar-refractivity contribution in [1.29, 1.82) is 0 Å². The number of rotatable bonds is 6. The summed E-state index contributed by atoms with van der Waals surface area (Å²) in [5.74, 6) is 0. The second kappa shape index (κ2) is 6.25. The Labute approximate surface area is 120 Å². The topological polar surface area (TPSA) is 77.3 Å². The third-order valence-electron chi connectivity index (χ3n) is 3.13. The van der Waals surface area contributed by atoms with Gasteiger partial charge in [0.1, 0.15) is 0 Å². The summed E-state index contributed by atoms with van der Waals surface area (Å²) in [5.41, 5.74) is 1.65. The average Bonchev–Trinajstić information content (AvgIpc) is 2.76. The molecule has 0 aliphatic rings. The van der Waals surface area contributed by atoms with E-state index in [-0.39, 0.29) is 16.7 Å². The molecule has 20 heavy (non-hydrogen) atoms. The normalized spacial score (nSPS) is 12.8. The number of thiazole rings is 1. The quantitative estimate of drug-likeness (QED) is 0.653. The summed E-state index contributed by atoms with van der Waals surface area (Å²) in [6, 6.07) is 3.47. The maximum absolute atomic E-state index is 11.2. The lowest BCUT2D eigenvalue weighted by Crippen LogP contribution is -2.32. The van der Waals surface area contributed by atoms with E-state index in [0.717, 1.165) is 15.2 Å². The molecule has 0 saturated carbocycles. The molecule has 0 radical (unpaired) electrons. The Kier molecular flexibility index (Phi) is 4.64. The molecule has 1 heterocycles. The Morgan fingerprint density at radius 1 is 1.55 bits per heavy atom. The zero-order valence-corrected chi connectivity index (χ0v) is 12.5. The van der Waals surface area contributed by atoms with E-state index in [0.29, 0.717) is 18.6 Å². The van der Waals surface area contributed by atoms with Crippen LogP contribution in [0, 0.1) is 17.0 Å². The molecule has 7 heteroatoms. The van der Waals surface area contributed by atoms with Gasteiger partial charge in [-0.05, 0) is 26.5 Å². The van der Waals surface area contributed by atoms with Crippen molar-refractivity contribution in [3.8, 4) is 0 Å². The zero-order chi connectivity index (χ0) is 14.7. The number of ether oxygens (including phenoxy) is 1. The molecule has 2 rings (SSSR count). The fraction of sp³-hybridized carbons (Fsp3) is 0.462. The van der Waals surface area contributed by atoms with Crippen LogP contribution in [0.1, 0.15) is 10.6 Å². The van der Waals surface area contributed by atoms with Gasteiger partial charge in [-0.25, -0.2) is 4.98 Å². The van der Waals surface area contributed by atoms with Gasteiger partial charge in [-0.1, -0.05) is 0 Å². The van der Waals surface area contributed by atoms with Crippen LogP contribution in [0.5, 0.6) is 0 Å². The molecule has 0 aliphatic carbocycles. The number of hydrogen-bond donors (Lipinski definition) is 1. The van der Waals surface area contributed by atoms with Crippen molar-refractivity contribution in [3.63, 3.8) is 0 Å². The fourth-order valence-corrected chi connectivity index (χ4v) is 3.01. The summed E-state index contributed by atoms with van der Waals surface area (Å²) in [6.45, 7) is 2.40. The molecule has 1 aromatic heterocycles. The number of likely N-dealkylation sites (N-methyl/N-ethyl adjacent to an activating group) is 1. The molecule has 6 nitrogen and oxygen atoms in total. The van der Waals surface area contributed by atoms with Gasteiger partial charge >= 0.3 is 0 Å². The van der Waals surface area contributed by atoms with E-state index in [9.17, 15) is 10.1 Å². The minimum Gasteiger partial charge on any atom is -0.383 e. The van der Waals surface area contributed by atoms with Crippen molar-refractivity contribution < 1.29 is 9.66 Å². The number of nitro groups is 1. The number of methoxy groups -OCH3 is 1. The maximum atomic E-state index is 11.2. The Hall–Kier alpha value is -1.57. The van der Waals surface area contributed by atoms with Gasteiger partial charge in [-0.15, -0.1) is 11.3 Å². The molecule has 108 valence electrons. The number of nitro benzene ring substituents is 1. The number of nitrogens with one attached hydrogen (secondary N) is 1. The summed E-state index contributed by atoms with van der Waals surface area (Å²) in [5, 5.41) is 15.3. The number of fused-ring (bicyclic) bond motifs is 1. The Bertz CT molecular complexity index is 627. The molecule has 1 atom stereocenters. The van der Waals surface area contributed by atoms with Crippen LogP contribution in [0.2, 0.25) is 0 Å². The summed E-state index contributed by atoms with van der Waals surface area (Å²) in [7, 11) is 3.44. The van der Waals surface area contributed by atoms with Crippen molar-refractivity contribution in [2.75, 3.05) is 20.8 Å². The minimum absolute atomic E-state index is 0.0379. The first-order valence-corrected chi connectivity index (χ1v) is 7.07. The van der Waals surface area contributed by atoms with E-state index in [1.807, 2.05) is 20.0 Å². The molecule has 0 bridgehead atoms. The van der Waals surface area contributed by atoms with Gasteiger partial charge in [-0.3, -0.25) is 10.1 Å². The third kappa shape index (κ3) is 3.12. The molecule has 0 aliphatic heterocycles. The first-order chi connectivity index (χ1) is 9.55. The highest BCUT2D eigenvalue weighted by atomic mass is 32.1. The highest BCUT2D eigenvalue weighted by Gasteiger charge is 2.19. The van der Waals surface area contributed by atoms with E-state index in [1.54, 1.807) is 13.2 Å². The van der Waals surface area contributed by atoms with Crippen molar-refractivity contribution in [1.82, 2.24) is 10.3 Å². The van der Waals surface area contributed by atoms with E-state index in [4.69, 9.17) is 4.74 Å². The van der Waals surface area contributed by atoms with Gasteiger partial charge in [-0.2, -0.15) is 0 Å². The SMILES string of the molecule is CNC(COC)Cc1cc2nc(C)sc2cc1[N+](=O)[O-]. The second-order valence-electron chi connectivity index (χ2n) is 4.58. The molecular formula is C13H17N3O3S. The monoisotopic (exact) mass is 295 g/mol. The summed E-state index contributed by atoms with van der Waals surface area (Å²) < 4.78 is 5.97. The van der Waals surface area contributed by atoms with Crippen LogP contribution in [-0.2, 0) is 11.2 Å². The van der Waals surface area contributed by atoms with Gasteiger partial charge in [0.25, 0.3) is 5.69 Å². The first kappa shape index (κ1) is 14.8. The standard InChI is InChI=1S/C13H17N3O3S/c1-8-15-11-5-9(4-10(14-2)7-19-3)12(16(17)18)6-13(11)20-8/h5-6,10,14H,4,7H2,1-3H3. The average molecular weight is 295 g/mol. The Morgan fingerprint density at radius 2 is 2.30 bits per heavy atom. The summed E-state index contributed by atoms with van der Waals surface area (Å²) in [6.07, 6.45) is 0.535. The molecular weight excluding hydrogens is 278 g/mol. The lowest BCUT2D eigenvalue weighted by Gasteiger charge is -2.15. The van der Waals surface area contributed by atoms with Crippen LogP contribution in [0.25, 0.3) is 10.2 Å². The molecule has 2 aromatic rings. The molecule has 1 N–H and O–H groups in total. The van der Waals surface area contributed by atoms with E-state index < -0.39 is 0 Å². The van der Waals surface area contributed by atoms with Crippen LogP contribution in [0.15, 0.2) is 12.1 Å². The van der Waals surface area contributed by atoms with Crippen molar-refractivity contribution in [3.05, 3.63) is 32.8 Å². The minimum atomic E-state index is -0.330. The fourth-order valence-electron chi connectivity index (χ4n) is 2.17. The predicted molar refractivity (Wildman–Crippen MR) is 79.4 cm³/mol. The van der Waals surface area contributed by atoms with Crippen molar-refractivity contribution in [2.24, 2.45) is 0 Å². The molecule has 0 fully saturated rings. The van der Waals surface area contributed by atoms with E-state index >= 15 is 0 Å². The molecule has 0 saturated heterocycles. The lowest BCUT2D eigenvalue weighted by molar-refractivity contribution is -0.385. The van der Waals surface area contributed by atoms with Crippen molar-refractivity contribution >= 4 is 27.2 Å². The Morgan fingerprint density at radius 3 is 2.90 bits per heavy atom. The number of nitrogens with zero attached hydrogens (tertiary/aromatic N) is 2. The lowest BCUT2D eigenvalue weighted by atomic mass is 10.0. The smallest absolute Gasteiger partial charge is 0.274 e. The maximum Gasteiger partial charge on any atom is 0.274 e. The molecule has 0 amide bonds. The largest absolute Gasteiger partial charge is 0.383 e. The molecule has 1 aromatic carbocycles. The van der Waals surface area contributed by atoms with E-state index in [1.165, 1.54) is 11.3 Å². The van der Waals surface area contributed by atoms with Gasteiger partial charge < -0.3 is 10.1 Å². The summed E-state index contributed by atoms with van der Waals surface area (Å²) >= 11 is 1.47. The van der Waals surface area contributed by atoms with Crippen LogP contribution in [0.3, 0.4) is 0 Å². The third-order valence-corrected chi connectivity index (χ3v) is 4.07. The number of benzene rings is 1. The van der Waals surface area contributed by atoms with Crippen molar-refractivity contribution in [2.45, 2.75) is 19.4 Å². The van der Waals surface area contributed by atoms with E-state index in [2.05, 4.69) is 10.3 Å². The van der Waals surface area contributed by atoms with Crippen LogP contribution in [0.4, 0.5) is 5.69 Å². The highest BCUT2D eigenvalue weighted by molar-refractivity contribution is 7.18. The second-order valence-corrected chi connectivity index (χ2v) is 5.82. The predicted octanol–water partition coefficient (Wildman–Crippen LogP) is 2.29.